The van der Waals surface area contributed by atoms with E-state index < -0.39 is 0 Å². The summed E-state index contributed by atoms with van der Waals surface area (Å²) in [5, 5.41) is 6.93. The number of pyridine rings is 1. The Kier molecular flexibility index (Phi) is 6.12. The van der Waals surface area contributed by atoms with Gasteiger partial charge in [0.1, 0.15) is 5.82 Å². The summed E-state index contributed by atoms with van der Waals surface area (Å²) >= 11 is 0. The van der Waals surface area contributed by atoms with E-state index in [1.165, 1.54) is 0 Å². The van der Waals surface area contributed by atoms with E-state index in [4.69, 9.17) is 4.52 Å². The molecule has 0 unspecified atom stereocenters. The number of hydrogen-bond donors (Lipinski definition) is 1. The molecule has 2 aromatic heterocycles. The molecule has 7 heteroatoms. The van der Waals surface area contributed by atoms with Crippen LogP contribution in [0.1, 0.15) is 50.9 Å². The smallest absolute Gasteiger partial charge is 0.226 e. The Bertz CT molecular complexity index is 703. The van der Waals surface area contributed by atoms with Crippen LogP contribution >= 0.6 is 0 Å². The fourth-order valence-corrected chi connectivity index (χ4v) is 2.31. The van der Waals surface area contributed by atoms with E-state index in [2.05, 4.69) is 20.4 Å². The van der Waals surface area contributed by atoms with Gasteiger partial charge < -0.3 is 14.7 Å². The van der Waals surface area contributed by atoms with Crippen molar-refractivity contribution in [2.24, 2.45) is 0 Å². The largest absolute Gasteiger partial charge is 0.362 e. The van der Waals surface area contributed by atoms with Crippen molar-refractivity contribution in [1.29, 1.82) is 0 Å². The van der Waals surface area contributed by atoms with Gasteiger partial charge in [-0.3, -0.25) is 4.79 Å². The number of carbonyl (C=O) groups excluding carboxylic acids is 1. The third-order valence-corrected chi connectivity index (χ3v) is 3.70. The molecule has 7 nitrogen and oxygen atoms in total. The quantitative estimate of drug-likeness (QED) is 0.830. The molecule has 136 valence electrons. The standard InChI is InChI=1S/C18H27N5O2/c1-18(2,3)17-21-15(25-22-17)10-6-9-14(24)20-12-13-8-7-11-19-16(13)23(4)5/h7-8,11H,6,9-10,12H2,1-5H3,(H,20,24). The summed E-state index contributed by atoms with van der Waals surface area (Å²) in [7, 11) is 3.87. The van der Waals surface area contributed by atoms with Crippen molar-refractivity contribution in [3.05, 3.63) is 35.6 Å². The molecule has 0 aliphatic carbocycles. The van der Waals surface area contributed by atoms with Gasteiger partial charge >= 0.3 is 0 Å². The summed E-state index contributed by atoms with van der Waals surface area (Å²) in [5.74, 6) is 2.15. The lowest BCUT2D eigenvalue weighted by atomic mass is 9.96. The monoisotopic (exact) mass is 345 g/mol. The molecule has 0 fully saturated rings. The van der Waals surface area contributed by atoms with E-state index in [1.54, 1.807) is 6.20 Å². The van der Waals surface area contributed by atoms with Crippen molar-refractivity contribution >= 4 is 11.7 Å². The first-order valence-corrected chi connectivity index (χ1v) is 8.48. The highest BCUT2D eigenvalue weighted by Gasteiger charge is 2.20. The molecule has 0 bridgehead atoms. The third kappa shape index (κ3) is 5.55. The van der Waals surface area contributed by atoms with Gasteiger partial charge in [-0.1, -0.05) is 32.0 Å². The van der Waals surface area contributed by atoms with Crippen LogP contribution in [0.2, 0.25) is 0 Å². The van der Waals surface area contributed by atoms with Gasteiger partial charge in [-0.25, -0.2) is 4.98 Å². The van der Waals surface area contributed by atoms with E-state index in [0.29, 0.717) is 37.5 Å². The minimum Gasteiger partial charge on any atom is -0.362 e. The van der Waals surface area contributed by atoms with Crippen molar-refractivity contribution in [3.8, 4) is 0 Å². The summed E-state index contributed by atoms with van der Waals surface area (Å²) in [5.41, 5.74) is 0.861. The molecule has 0 aromatic carbocycles. The highest BCUT2D eigenvalue weighted by Crippen LogP contribution is 2.19. The molecule has 25 heavy (non-hydrogen) atoms. The predicted octanol–water partition coefficient (Wildman–Crippen LogP) is 2.47. The molecule has 0 spiro atoms. The number of anilines is 1. The number of rotatable bonds is 7. The van der Waals surface area contributed by atoms with Crippen molar-refractivity contribution in [2.75, 3.05) is 19.0 Å². The molecule has 0 radical (unpaired) electrons. The van der Waals surface area contributed by atoms with E-state index in [-0.39, 0.29) is 11.3 Å². The molecule has 2 heterocycles. The van der Waals surface area contributed by atoms with E-state index in [0.717, 1.165) is 11.4 Å². The molecule has 0 atom stereocenters. The van der Waals surface area contributed by atoms with Gasteiger partial charge in [0.15, 0.2) is 5.82 Å². The van der Waals surface area contributed by atoms with Gasteiger partial charge in [0.05, 0.1) is 0 Å². The average molecular weight is 345 g/mol. The number of hydrogen-bond acceptors (Lipinski definition) is 6. The van der Waals surface area contributed by atoms with Crippen LogP contribution in [-0.4, -0.2) is 35.1 Å². The van der Waals surface area contributed by atoms with E-state index in [1.807, 2.05) is 51.9 Å². The zero-order valence-corrected chi connectivity index (χ0v) is 15.7. The Labute approximate surface area is 148 Å². The number of nitrogens with zero attached hydrogens (tertiary/aromatic N) is 4. The molecule has 0 aliphatic heterocycles. The lowest BCUT2D eigenvalue weighted by Gasteiger charge is -2.16. The zero-order chi connectivity index (χ0) is 18.4. The second-order valence-corrected chi connectivity index (χ2v) is 7.27. The van der Waals surface area contributed by atoms with E-state index in [9.17, 15) is 4.79 Å². The Morgan fingerprint density at radius 2 is 2.08 bits per heavy atom. The molecular formula is C18H27N5O2. The first-order chi connectivity index (χ1) is 11.8. The first-order valence-electron chi connectivity index (χ1n) is 8.48. The highest BCUT2D eigenvalue weighted by molar-refractivity contribution is 5.76. The van der Waals surface area contributed by atoms with Crippen LogP contribution in [-0.2, 0) is 23.2 Å². The second-order valence-electron chi connectivity index (χ2n) is 7.27. The summed E-state index contributed by atoms with van der Waals surface area (Å²) in [6.07, 6.45) is 3.44. The van der Waals surface area contributed by atoms with E-state index >= 15 is 0 Å². The zero-order valence-electron chi connectivity index (χ0n) is 15.7. The normalized spacial score (nSPS) is 11.4. The third-order valence-electron chi connectivity index (χ3n) is 3.70. The minimum absolute atomic E-state index is 0.00381. The van der Waals surface area contributed by atoms with Gasteiger partial charge in [0.25, 0.3) is 0 Å². The molecule has 0 saturated carbocycles. The molecule has 0 saturated heterocycles. The maximum atomic E-state index is 12.0. The first kappa shape index (κ1) is 18.9. The fourth-order valence-electron chi connectivity index (χ4n) is 2.31. The van der Waals surface area contributed by atoms with Gasteiger partial charge in [0, 0.05) is 50.7 Å². The predicted molar refractivity (Wildman–Crippen MR) is 96.3 cm³/mol. The highest BCUT2D eigenvalue weighted by atomic mass is 16.5. The summed E-state index contributed by atoms with van der Waals surface area (Å²) in [6, 6.07) is 3.84. The van der Waals surface area contributed by atoms with Gasteiger partial charge in [0.2, 0.25) is 11.8 Å². The van der Waals surface area contributed by atoms with Crippen LogP contribution in [0.25, 0.3) is 0 Å². The van der Waals surface area contributed by atoms with Crippen molar-refractivity contribution in [1.82, 2.24) is 20.4 Å². The van der Waals surface area contributed by atoms with Crippen molar-refractivity contribution in [2.45, 2.75) is 52.0 Å². The molecule has 1 N–H and O–H groups in total. The van der Waals surface area contributed by atoms with Gasteiger partial charge in [-0.2, -0.15) is 4.98 Å². The molecule has 2 aromatic rings. The van der Waals surface area contributed by atoms with Crippen molar-refractivity contribution in [3.63, 3.8) is 0 Å². The second kappa shape index (κ2) is 8.09. The molecule has 2 rings (SSSR count). The Balaban J connectivity index is 1.77. The van der Waals surface area contributed by atoms with Crippen LogP contribution in [0.15, 0.2) is 22.9 Å². The minimum atomic E-state index is -0.132. The van der Waals surface area contributed by atoms with Crippen LogP contribution in [0.5, 0.6) is 0 Å². The number of carbonyl (C=O) groups is 1. The SMILES string of the molecule is CN(C)c1ncccc1CNC(=O)CCCc1nc(C(C)(C)C)no1. The maximum Gasteiger partial charge on any atom is 0.226 e. The van der Waals surface area contributed by atoms with Crippen LogP contribution < -0.4 is 10.2 Å². The number of aromatic nitrogens is 3. The fraction of sp³-hybridized carbons (Fsp3) is 0.556. The Morgan fingerprint density at radius 1 is 1.32 bits per heavy atom. The lowest BCUT2D eigenvalue weighted by Crippen LogP contribution is -2.24. The topological polar surface area (TPSA) is 84.2 Å². The Hall–Kier alpha value is -2.44. The molecule has 1 amide bonds. The number of aryl methyl sites for hydroxylation is 1. The van der Waals surface area contributed by atoms with Crippen LogP contribution in [0, 0.1) is 0 Å². The summed E-state index contributed by atoms with van der Waals surface area (Å²) in [6.45, 7) is 6.58. The van der Waals surface area contributed by atoms with Gasteiger partial charge in [-0.15, -0.1) is 0 Å². The Morgan fingerprint density at radius 3 is 2.72 bits per heavy atom. The number of amides is 1. The molecule has 0 aliphatic rings. The average Bonchev–Trinajstić information content (AvgIpc) is 3.02. The molecular weight excluding hydrogens is 318 g/mol. The summed E-state index contributed by atoms with van der Waals surface area (Å²) < 4.78 is 5.24. The van der Waals surface area contributed by atoms with Gasteiger partial charge in [-0.05, 0) is 12.5 Å². The van der Waals surface area contributed by atoms with Crippen molar-refractivity contribution < 1.29 is 9.32 Å². The van der Waals surface area contributed by atoms with Crippen LogP contribution in [0.4, 0.5) is 5.82 Å². The summed E-state index contributed by atoms with van der Waals surface area (Å²) in [4.78, 5) is 22.7. The lowest BCUT2D eigenvalue weighted by molar-refractivity contribution is -0.121. The number of nitrogens with one attached hydrogen (secondary N) is 1. The maximum absolute atomic E-state index is 12.0. The van der Waals surface area contributed by atoms with Crippen LogP contribution in [0.3, 0.4) is 0 Å².